The highest BCUT2D eigenvalue weighted by Crippen LogP contribution is 2.43. The number of fused-ring (bicyclic) bond motifs is 1. The first-order valence-corrected chi connectivity index (χ1v) is 13.1. The third-order valence-electron chi connectivity index (χ3n) is 7.01. The van der Waals surface area contributed by atoms with E-state index in [4.69, 9.17) is 0 Å². The Morgan fingerprint density at radius 1 is 1.28 bits per heavy atom. The number of aldehydes is 1. The molecule has 0 radical (unpaired) electrons. The van der Waals surface area contributed by atoms with Crippen LogP contribution >= 0.6 is 27.3 Å². The standard InChI is InChI=1S/C23H30BrN5O2S/c1-14-10-17(31)21-20(14)23(27-13-26-21)29-8-6-28(7-9-29)22(25-11-15-2-3-15)16(12-30)18-4-5-19(24)32-18/h4-5,12-17,22,25,31H,2-3,6-11H2,1H3/t14-,16?,17-,22?/m1/s1. The number of aliphatic hydroxyl groups excluding tert-OH is 1. The minimum Gasteiger partial charge on any atom is -0.387 e. The highest BCUT2D eigenvalue weighted by molar-refractivity contribution is 9.11. The number of thiophene rings is 1. The minimum atomic E-state index is -0.488. The van der Waals surface area contributed by atoms with E-state index < -0.39 is 6.10 Å². The largest absolute Gasteiger partial charge is 0.387 e. The third kappa shape index (κ3) is 4.50. The monoisotopic (exact) mass is 519 g/mol. The van der Waals surface area contributed by atoms with Gasteiger partial charge in [0.05, 0.1) is 27.7 Å². The van der Waals surface area contributed by atoms with Crippen LogP contribution in [0.3, 0.4) is 0 Å². The Balaban J connectivity index is 1.32. The summed E-state index contributed by atoms with van der Waals surface area (Å²) < 4.78 is 1.05. The van der Waals surface area contributed by atoms with Crippen molar-refractivity contribution in [2.75, 3.05) is 37.6 Å². The van der Waals surface area contributed by atoms with Gasteiger partial charge in [-0.25, -0.2) is 9.97 Å². The van der Waals surface area contributed by atoms with Crippen molar-refractivity contribution in [1.29, 1.82) is 0 Å². The van der Waals surface area contributed by atoms with E-state index in [0.29, 0.717) is 6.42 Å². The number of piperazine rings is 1. The lowest BCUT2D eigenvalue weighted by molar-refractivity contribution is -0.110. The number of anilines is 1. The molecule has 2 aromatic heterocycles. The maximum atomic E-state index is 12.2. The summed E-state index contributed by atoms with van der Waals surface area (Å²) in [5, 5.41) is 14.1. The van der Waals surface area contributed by atoms with E-state index in [0.717, 1.165) is 70.7 Å². The molecule has 1 aliphatic heterocycles. The molecule has 1 saturated carbocycles. The summed E-state index contributed by atoms with van der Waals surface area (Å²) in [6.07, 6.45) is 5.48. The van der Waals surface area contributed by atoms with Gasteiger partial charge in [0.1, 0.15) is 18.4 Å². The molecule has 0 spiro atoms. The number of halogens is 1. The second-order valence-electron chi connectivity index (χ2n) is 9.27. The molecule has 172 valence electrons. The van der Waals surface area contributed by atoms with Gasteiger partial charge in [0, 0.05) is 36.6 Å². The zero-order valence-corrected chi connectivity index (χ0v) is 20.7. The van der Waals surface area contributed by atoms with Gasteiger partial charge in [-0.3, -0.25) is 4.90 Å². The second kappa shape index (κ2) is 9.46. The number of carbonyl (C=O) groups excluding carboxylic acids is 1. The predicted molar refractivity (Wildman–Crippen MR) is 129 cm³/mol. The minimum absolute atomic E-state index is 0.00217. The molecule has 0 bridgehead atoms. The Kier molecular flexibility index (Phi) is 6.63. The summed E-state index contributed by atoms with van der Waals surface area (Å²) >= 11 is 5.19. The van der Waals surface area contributed by atoms with E-state index in [2.05, 4.69) is 54.0 Å². The molecule has 5 rings (SSSR count). The molecule has 32 heavy (non-hydrogen) atoms. The second-order valence-corrected chi connectivity index (χ2v) is 11.8. The lowest BCUT2D eigenvalue weighted by Crippen LogP contribution is -2.57. The molecular weight excluding hydrogens is 490 g/mol. The number of carbonyl (C=O) groups is 1. The fourth-order valence-electron chi connectivity index (χ4n) is 5.06. The van der Waals surface area contributed by atoms with Crippen molar-refractivity contribution in [3.8, 4) is 0 Å². The fourth-order valence-corrected chi connectivity index (χ4v) is 6.57. The summed E-state index contributed by atoms with van der Waals surface area (Å²) in [6.45, 7) is 6.51. The van der Waals surface area contributed by atoms with Crippen LogP contribution in [0.15, 0.2) is 22.2 Å². The summed E-state index contributed by atoms with van der Waals surface area (Å²) in [5.41, 5.74) is 1.89. The van der Waals surface area contributed by atoms with Gasteiger partial charge in [-0.1, -0.05) is 6.92 Å². The van der Waals surface area contributed by atoms with Crippen LogP contribution in [-0.4, -0.2) is 65.2 Å². The Hall–Kier alpha value is -1.39. The topological polar surface area (TPSA) is 81.6 Å². The van der Waals surface area contributed by atoms with Crippen LogP contribution in [-0.2, 0) is 4.79 Å². The average Bonchev–Trinajstić information content (AvgIpc) is 3.46. The first-order valence-electron chi connectivity index (χ1n) is 11.5. The van der Waals surface area contributed by atoms with Gasteiger partial charge in [0.15, 0.2) is 0 Å². The molecule has 4 atom stereocenters. The van der Waals surface area contributed by atoms with E-state index in [1.54, 1.807) is 17.7 Å². The SMILES string of the molecule is C[C@@H]1C[C@@H](O)c2ncnc(N3CCN(C(NCC4CC4)C(C=O)c4ccc(Br)s4)CC3)c21. The normalized spacial score (nSPS) is 25.5. The Morgan fingerprint density at radius 2 is 2.06 bits per heavy atom. The molecule has 1 saturated heterocycles. The molecule has 3 heterocycles. The number of rotatable bonds is 8. The number of aliphatic hydroxyl groups is 1. The van der Waals surface area contributed by atoms with Crippen LogP contribution in [0.1, 0.15) is 60.3 Å². The first kappa shape index (κ1) is 22.4. The molecule has 2 aliphatic carbocycles. The van der Waals surface area contributed by atoms with Gasteiger partial charge in [-0.05, 0) is 65.7 Å². The predicted octanol–water partition coefficient (Wildman–Crippen LogP) is 3.27. The lowest BCUT2D eigenvalue weighted by atomic mass is 10.0. The van der Waals surface area contributed by atoms with Gasteiger partial charge in [0.25, 0.3) is 0 Å². The smallest absolute Gasteiger partial charge is 0.135 e. The fraction of sp³-hybridized carbons (Fsp3) is 0.609. The molecule has 2 N–H and O–H groups in total. The summed E-state index contributed by atoms with van der Waals surface area (Å²) in [4.78, 5) is 27.0. The summed E-state index contributed by atoms with van der Waals surface area (Å²) in [5.74, 6) is 1.79. The maximum absolute atomic E-state index is 12.2. The van der Waals surface area contributed by atoms with E-state index in [-0.39, 0.29) is 18.0 Å². The number of hydrogen-bond acceptors (Lipinski definition) is 8. The maximum Gasteiger partial charge on any atom is 0.135 e. The first-order chi connectivity index (χ1) is 15.5. The van der Waals surface area contributed by atoms with Gasteiger partial charge >= 0.3 is 0 Å². The van der Waals surface area contributed by atoms with Crippen LogP contribution < -0.4 is 10.2 Å². The van der Waals surface area contributed by atoms with Crippen molar-refractivity contribution in [3.05, 3.63) is 38.4 Å². The molecule has 2 unspecified atom stereocenters. The summed E-state index contributed by atoms with van der Waals surface area (Å²) in [6, 6.07) is 4.09. The molecule has 0 aromatic carbocycles. The summed E-state index contributed by atoms with van der Waals surface area (Å²) in [7, 11) is 0. The van der Waals surface area contributed by atoms with Crippen LogP contribution in [0.2, 0.25) is 0 Å². The van der Waals surface area contributed by atoms with E-state index >= 15 is 0 Å². The molecule has 0 amide bonds. The molecule has 2 fully saturated rings. The van der Waals surface area contributed by atoms with Crippen molar-refractivity contribution < 1.29 is 9.90 Å². The van der Waals surface area contributed by atoms with Crippen LogP contribution in [0, 0.1) is 5.92 Å². The Morgan fingerprint density at radius 3 is 2.72 bits per heavy atom. The van der Waals surface area contributed by atoms with Crippen molar-refractivity contribution in [3.63, 3.8) is 0 Å². The Bertz CT molecular complexity index is 960. The number of aromatic nitrogens is 2. The van der Waals surface area contributed by atoms with E-state index in [1.165, 1.54) is 12.8 Å². The molecule has 2 aromatic rings. The van der Waals surface area contributed by atoms with E-state index in [9.17, 15) is 9.90 Å². The third-order valence-corrected chi connectivity index (χ3v) is 8.73. The van der Waals surface area contributed by atoms with Crippen molar-refractivity contribution in [2.24, 2.45) is 5.92 Å². The quantitative estimate of drug-likeness (QED) is 0.517. The van der Waals surface area contributed by atoms with Gasteiger partial charge in [-0.15, -0.1) is 11.3 Å². The van der Waals surface area contributed by atoms with E-state index in [1.807, 2.05) is 6.07 Å². The van der Waals surface area contributed by atoms with Gasteiger partial charge in [0.2, 0.25) is 0 Å². The number of nitrogens with one attached hydrogen (secondary N) is 1. The van der Waals surface area contributed by atoms with Crippen molar-refractivity contribution in [2.45, 2.75) is 50.3 Å². The number of hydrogen-bond donors (Lipinski definition) is 2. The molecule has 9 heteroatoms. The highest BCUT2D eigenvalue weighted by atomic mass is 79.9. The molecular formula is C23H30BrN5O2S. The van der Waals surface area contributed by atoms with Gasteiger partial charge in [-0.2, -0.15) is 0 Å². The van der Waals surface area contributed by atoms with Crippen molar-refractivity contribution in [1.82, 2.24) is 20.2 Å². The molecule has 7 nitrogen and oxygen atoms in total. The lowest BCUT2D eigenvalue weighted by Gasteiger charge is -2.42. The zero-order chi connectivity index (χ0) is 22.2. The van der Waals surface area contributed by atoms with Crippen LogP contribution in [0.25, 0.3) is 0 Å². The van der Waals surface area contributed by atoms with Crippen LogP contribution in [0.4, 0.5) is 5.82 Å². The zero-order valence-electron chi connectivity index (χ0n) is 18.3. The van der Waals surface area contributed by atoms with Gasteiger partial charge < -0.3 is 20.1 Å². The Labute approximate surface area is 201 Å². The van der Waals surface area contributed by atoms with Crippen LogP contribution in [0.5, 0.6) is 0 Å². The average molecular weight is 520 g/mol. The molecule has 3 aliphatic rings. The highest BCUT2D eigenvalue weighted by Gasteiger charge is 2.36. The van der Waals surface area contributed by atoms with Crippen molar-refractivity contribution >= 4 is 39.4 Å². The number of nitrogens with zero attached hydrogens (tertiary/aromatic N) is 4.